The fourth-order valence-corrected chi connectivity index (χ4v) is 3.28. The van der Waals surface area contributed by atoms with Crippen LogP contribution in [-0.2, 0) is 9.59 Å². The van der Waals surface area contributed by atoms with Gasteiger partial charge in [-0.3, -0.25) is 9.59 Å². The second kappa shape index (κ2) is 4.76. The molecule has 2 aliphatic rings. The van der Waals surface area contributed by atoms with Crippen LogP contribution in [0.3, 0.4) is 0 Å². The number of hydrogen-bond acceptors (Lipinski definition) is 3. The molecular weight excluding hydrogens is 270 g/mol. The summed E-state index contributed by atoms with van der Waals surface area (Å²) in [5.41, 5.74) is 0.261. The van der Waals surface area contributed by atoms with Crippen molar-refractivity contribution in [1.29, 1.82) is 0 Å². The van der Waals surface area contributed by atoms with Crippen molar-refractivity contribution in [2.45, 2.75) is 20.3 Å². The fraction of sp³-hybridized carbons (Fsp3) is 0.500. The van der Waals surface area contributed by atoms with Gasteiger partial charge < -0.3 is 14.7 Å². The second-order valence-corrected chi connectivity index (χ2v) is 6.27. The van der Waals surface area contributed by atoms with Gasteiger partial charge in [-0.2, -0.15) is 0 Å². The molecule has 2 atom stereocenters. The van der Waals surface area contributed by atoms with E-state index in [2.05, 4.69) is 0 Å². The molecule has 1 N–H and O–H groups in total. The minimum absolute atomic E-state index is 0.106. The van der Waals surface area contributed by atoms with Crippen molar-refractivity contribution in [3.8, 4) is 5.75 Å². The zero-order valence-electron chi connectivity index (χ0n) is 12.2. The average Bonchev–Trinajstić information content (AvgIpc) is 3.08. The molecule has 1 saturated carbocycles. The van der Waals surface area contributed by atoms with E-state index in [1.165, 1.54) is 0 Å². The quantitative estimate of drug-likeness (QED) is 0.906. The molecule has 3 rings (SSSR count). The molecule has 112 valence electrons. The van der Waals surface area contributed by atoms with Crippen molar-refractivity contribution < 1.29 is 19.4 Å². The van der Waals surface area contributed by atoms with Crippen LogP contribution < -0.4 is 9.64 Å². The molecule has 0 radical (unpaired) electrons. The first kappa shape index (κ1) is 13.9. The maximum atomic E-state index is 12.8. The third-order valence-electron chi connectivity index (χ3n) is 4.57. The highest BCUT2D eigenvalue weighted by Gasteiger charge is 2.66. The van der Waals surface area contributed by atoms with Gasteiger partial charge in [0.05, 0.1) is 24.1 Å². The number of carbonyl (C=O) groups excluding carboxylic acids is 1. The summed E-state index contributed by atoms with van der Waals surface area (Å²) in [6.07, 6.45) is 0.741. The zero-order valence-corrected chi connectivity index (χ0v) is 12.2. The van der Waals surface area contributed by atoms with Crippen LogP contribution in [-0.4, -0.2) is 30.1 Å². The first-order valence-corrected chi connectivity index (χ1v) is 7.20. The number of carbonyl (C=O) groups is 2. The minimum Gasteiger partial charge on any atom is -0.491 e. The van der Waals surface area contributed by atoms with Crippen LogP contribution in [0.25, 0.3) is 0 Å². The lowest BCUT2D eigenvalue weighted by atomic mass is 10.1. The molecule has 1 amide bonds. The van der Waals surface area contributed by atoms with Gasteiger partial charge in [0.2, 0.25) is 5.91 Å². The summed E-state index contributed by atoms with van der Waals surface area (Å²) in [5.74, 6) is -1.36. The number of aliphatic carboxylic acids is 1. The molecule has 0 aromatic heterocycles. The summed E-state index contributed by atoms with van der Waals surface area (Å²) in [4.78, 5) is 25.8. The number of benzene rings is 1. The van der Waals surface area contributed by atoms with Crippen LogP contribution >= 0.6 is 0 Å². The highest BCUT2D eigenvalue weighted by atomic mass is 16.5. The van der Waals surface area contributed by atoms with Gasteiger partial charge in [0.25, 0.3) is 0 Å². The van der Waals surface area contributed by atoms with Crippen molar-refractivity contribution in [1.82, 2.24) is 0 Å². The number of rotatable bonds is 2. The normalized spacial score (nSPS) is 26.3. The lowest BCUT2D eigenvalue weighted by Gasteiger charge is -2.22. The van der Waals surface area contributed by atoms with E-state index in [4.69, 9.17) is 4.74 Å². The van der Waals surface area contributed by atoms with Gasteiger partial charge in [0.15, 0.2) is 0 Å². The number of ether oxygens (including phenoxy) is 1. The topological polar surface area (TPSA) is 66.8 Å². The van der Waals surface area contributed by atoms with Gasteiger partial charge in [-0.05, 0) is 24.0 Å². The standard InChI is InChI=1S/C16H19NO4/c1-16(2)12(13(16)15(19)20)14(18)17-8-5-9-21-11-7-4-3-6-10(11)17/h3-4,6-7,12-13H,5,8-9H2,1-2H3,(H,19,20)/t12-,13+/m1/s1. The van der Waals surface area contributed by atoms with E-state index in [-0.39, 0.29) is 5.91 Å². The Labute approximate surface area is 123 Å². The van der Waals surface area contributed by atoms with Gasteiger partial charge in [-0.1, -0.05) is 26.0 Å². The molecule has 1 aromatic rings. The van der Waals surface area contributed by atoms with Crippen LogP contribution in [0.4, 0.5) is 5.69 Å². The largest absolute Gasteiger partial charge is 0.491 e. The van der Waals surface area contributed by atoms with Gasteiger partial charge in [-0.15, -0.1) is 0 Å². The number of hydrogen-bond donors (Lipinski definition) is 1. The highest BCUT2D eigenvalue weighted by Crippen LogP contribution is 2.59. The van der Waals surface area contributed by atoms with Crippen LogP contribution in [0.5, 0.6) is 5.75 Å². The van der Waals surface area contributed by atoms with E-state index in [1.54, 1.807) is 4.90 Å². The monoisotopic (exact) mass is 289 g/mol. The zero-order chi connectivity index (χ0) is 15.2. The summed E-state index contributed by atoms with van der Waals surface area (Å²) < 4.78 is 5.65. The van der Waals surface area contributed by atoms with Gasteiger partial charge >= 0.3 is 5.97 Å². The summed E-state index contributed by atoms with van der Waals surface area (Å²) in [6, 6.07) is 7.42. The molecule has 21 heavy (non-hydrogen) atoms. The van der Waals surface area contributed by atoms with Crippen molar-refractivity contribution in [2.24, 2.45) is 17.3 Å². The van der Waals surface area contributed by atoms with Gasteiger partial charge in [0, 0.05) is 6.54 Å². The predicted octanol–water partition coefficient (Wildman–Crippen LogP) is 2.16. The van der Waals surface area contributed by atoms with E-state index in [0.717, 1.165) is 12.1 Å². The lowest BCUT2D eigenvalue weighted by molar-refractivity contribution is -0.140. The van der Waals surface area contributed by atoms with Crippen LogP contribution in [0.1, 0.15) is 20.3 Å². The molecule has 1 aliphatic carbocycles. The minimum atomic E-state index is -0.891. The molecule has 0 saturated heterocycles. The molecule has 1 heterocycles. The smallest absolute Gasteiger partial charge is 0.307 e. The number of carboxylic acids is 1. The average molecular weight is 289 g/mol. The Morgan fingerprint density at radius 3 is 2.67 bits per heavy atom. The number of nitrogens with zero attached hydrogens (tertiary/aromatic N) is 1. The third kappa shape index (κ3) is 2.17. The molecule has 0 spiro atoms. The van der Waals surface area contributed by atoms with Crippen molar-refractivity contribution in [3.63, 3.8) is 0 Å². The van der Waals surface area contributed by atoms with Gasteiger partial charge in [0.1, 0.15) is 5.75 Å². The Bertz CT molecular complexity index is 596. The van der Waals surface area contributed by atoms with E-state index >= 15 is 0 Å². The van der Waals surface area contributed by atoms with Crippen molar-refractivity contribution in [3.05, 3.63) is 24.3 Å². The molecular formula is C16H19NO4. The number of carboxylic acid groups (broad SMARTS) is 1. The maximum absolute atomic E-state index is 12.8. The Hall–Kier alpha value is -2.04. The predicted molar refractivity (Wildman–Crippen MR) is 77.3 cm³/mol. The number of fused-ring (bicyclic) bond motifs is 1. The molecule has 1 fully saturated rings. The van der Waals surface area contributed by atoms with Crippen LogP contribution in [0.2, 0.25) is 0 Å². The number of para-hydroxylation sites is 2. The SMILES string of the molecule is CC1(C)[C@H](C(=O)O)[C@@H]1C(=O)N1CCCOc2ccccc21. The summed E-state index contributed by atoms with van der Waals surface area (Å²) >= 11 is 0. The van der Waals surface area contributed by atoms with E-state index in [9.17, 15) is 14.7 Å². The highest BCUT2D eigenvalue weighted by molar-refractivity contribution is 6.02. The fourth-order valence-electron chi connectivity index (χ4n) is 3.28. The molecule has 0 bridgehead atoms. The van der Waals surface area contributed by atoms with E-state index < -0.39 is 23.2 Å². The molecule has 5 heteroatoms. The maximum Gasteiger partial charge on any atom is 0.307 e. The Morgan fingerprint density at radius 1 is 1.29 bits per heavy atom. The Morgan fingerprint density at radius 2 is 2.00 bits per heavy atom. The molecule has 0 unspecified atom stereocenters. The lowest BCUT2D eigenvalue weighted by Crippen LogP contribution is -2.34. The Kier molecular flexibility index (Phi) is 3.15. The first-order valence-electron chi connectivity index (χ1n) is 7.20. The molecule has 1 aliphatic heterocycles. The van der Waals surface area contributed by atoms with E-state index in [1.807, 2.05) is 38.1 Å². The van der Waals surface area contributed by atoms with Crippen molar-refractivity contribution in [2.75, 3.05) is 18.1 Å². The van der Waals surface area contributed by atoms with E-state index in [0.29, 0.717) is 18.9 Å². The summed E-state index contributed by atoms with van der Waals surface area (Å²) in [5, 5.41) is 9.26. The van der Waals surface area contributed by atoms with Crippen LogP contribution in [0.15, 0.2) is 24.3 Å². The summed E-state index contributed by atoms with van der Waals surface area (Å²) in [7, 11) is 0. The Balaban J connectivity index is 1.91. The first-order chi connectivity index (χ1) is 9.94. The number of amides is 1. The van der Waals surface area contributed by atoms with Crippen molar-refractivity contribution >= 4 is 17.6 Å². The number of anilines is 1. The third-order valence-corrected chi connectivity index (χ3v) is 4.57. The molecule has 5 nitrogen and oxygen atoms in total. The van der Waals surface area contributed by atoms with Crippen LogP contribution in [0, 0.1) is 17.3 Å². The second-order valence-electron chi connectivity index (χ2n) is 6.27. The van der Waals surface area contributed by atoms with Gasteiger partial charge in [-0.25, -0.2) is 0 Å². The summed E-state index contributed by atoms with van der Waals surface area (Å²) in [6.45, 7) is 4.81. The molecule has 1 aromatic carbocycles.